The molecule has 1 aromatic heterocycles. The number of ether oxygens (including phenoxy) is 1. The van der Waals surface area contributed by atoms with Crippen molar-refractivity contribution in [1.29, 1.82) is 0 Å². The maximum Gasteiger partial charge on any atom is 0.374 e. The molecule has 2 aromatic rings. The molecule has 0 spiro atoms. The van der Waals surface area contributed by atoms with E-state index < -0.39 is 5.97 Å². The van der Waals surface area contributed by atoms with Gasteiger partial charge in [0, 0.05) is 6.07 Å². The van der Waals surface area contributed by atoms with Crippen LogP contribution in [-0.4, -0.2) is 28.6 Å². The Morgan fingerprint density at radius 3 is 2.65 bits per heavy atom. The topological polar surface area (TPSA) is 97.0 Å². The average molecular weight is 318 g/mol. The predicted molar refractivity (Wildman–Crippen MR) is 81.7 cm³/mol. The molecule has 0 aliphatic heterocycles. The Bertz CT molecular complexity index is 701. The first kappa shape index (κ1) is 16.6. The van der Waals surface area contributed by atoms with Gasteiger partial charge in [0.05, 0.1) is 18.6 Å². The van der Waals surface area contributed by atoms with Gasteiger partial charge in [-0.2, -0.15) is 0 Å². The smallest absolute Gasteiger partial charge is 0.374 e. The van der Waals surface area contributed by atoms with Crippen LogP contribution in [0.2, 0.25) is 0 Å². The Balaban J connectivity index is 2.01. The van der Waals surface area contributed by atoms with E-state index in [9.17, 15) is 19.8 Å². The number of carbonyl (C=O) groups excluding carboxylic acids is 2. The molecule has 0 saturated heterocycles. The zero-order valence-corrected chi connectivity index (χ0v) is 12.7. The summed E-state index contributed by atoms with van der Waals surface area (Å²) in [5, 5.41) is 18.9. The zero-order chi connectivity index (χ0) is 16.8. The number of furan rings is 1. The summed E-state index contributed by atoms with van der Waals surface area (Å²) >= 11 is 0. The fourth-order valence-electron chi connectivity index (χ4n) is 1.97. The maximum atomic E-state index is 12.1. The summed E-state index contributed by atoms with van der Waals surface area (Å²) in [6, 6.07) is 6.70. The summed E-state index contributed by atoms with van der Waals surface area (Å²) in [7, 11) is 0. The van der Waals surface area contributed by atoms with Crippen molar-refractivity contribution in [1.82, 2.24) is 0 Å². The summed E-state index contributed by atoms with van der Waals surface area (Å²) in [6.07, 6.45) is 1.58. The maximum absolute atomic E-state index is 12.1. The van der Waals surface area contributed by atoms with Crippen LogP contribution >= 0.6 is 0 Å². The molecule has 6 heteroatoms. The molecule has 0 atom stereocenters. The van der Waals surface area contributed by atoms with Gasteiger partial charge in [-0.25, -0.2) is 4.79 Å². The van der Waals surface area contributed by atoms with E-state index in [4.69, 9.17) is 9.15 Å². The highest BCUT2D eigenvalue weighted by molar-refractivity contribution is 5.99. The molecule has 23 heavy (non-hydrogen) atoms. The predicted octanol–water partition coefficient (Wildman–Crippen LogP) is 3.07. The number of esters is 1. The van der Waals surface area contributed by atoms with E-state index in [-0.39, 0.29) is 35.0 Å². The molecule has 0 saturated carbocycles. The van der Waals surface area contributed by atoms with Crippen molar-refractivity contribution >= 4 is 11.8 Å². The summed E-state index contributed by atoms with van der Waals surface area (Å²) in [5.74, 6) is -1.05. The fraction of sp³-hybridized carbons (Fsp3) is 0.294. The van der Waals surface area contributed by atoms with Crippen LogP contribution in [0, 0.1) is 0 Å². The highest BCUT2D eigenvalue weighted by atomic mass is 16.5. The van der Waals surface area contributed by atoms with Crippen molar-refractivity contribution in [3.05, 3.63) is 47.4 Å². The number of ketones is 1. The van der Waals surface area contributed by atoms with Gasteiger partial charge in [-0.15, -0.1) is 0 Å². The number of rotatable bonds is 7. The first-order valence-electron chi connectivity index (χ1n) is 7.32. The molecule has 0 fully saturated rings. The SMILES string of the molecule is CCCCOC(=O)c1ccc(CC(=O)c2ccc(O)cc2O)o1. The van der Waals surface area contributed by atoms with Crippen LogP contribution in [0.5, 0.6) is 11.5 Å². The number of phenols is 2. The van der Waals surface area contributed by atoms with Gasteiger partial charge in [0.25, 0.3) is 0 Å². The standard InChI is InChI=1S/C17H18O6/c1-2-3-8-22-17(21)16-7-5-12(23-16)10-15(20)13-6-4-11(18)9-14(13)19/h4-7,9,18-19H,2-3,8,10H2,1H3. The lowest BCUT2D eigenvalue weighted by Crippen LogP contribution is -2.05. The molecular formula is C17H18O6. The van der Waals surface area contributed by atoms with Crippen LogP contribution in [0.4, 0.5) is 0 Å². The summed E-state index contributed by atoms with van der Waals surface area (Å²) in [6.45, 7) is 2.31. The Kier molecular flexibility index (Phi) is 5.41. The largest absolute Gasteiger partial charge is 0.508 e. The van der Waals surface area contributed by atoms with Crippen LogP contribution in [0.25, 0.3) is 0 Å². The lowest BCUT2D eigenvalue weighted by molar-refractivity contribution is 0.0460. The van der Waals surface area contributed by atoms with Crippen LogP contribution in [0.1, 0.15) is 46.4 Å². The van der Waals surface area contributed by atoms with Gasteiger partial charge in [0.2, 0.25) is 5.76 Å². The van der Waals surface area contributed by atoms with E-state index in [1.807, 2.05) is 6.92 Å². The zero-order valence-electron chi connectivity index (χ0n) is 12.7. The third kappa shape index (κ3) is 4.35. The van der Waals surface area contributed by atoms with E-state index in [0.717, 1.165) is 18.9 Å². The third-order valence-corrected chi connectivity index (χ3v) is 3.21. The molecule has 0 aliphatic carbocycles. The van der Waals surface area contributed by atoms with E-state index in [1.54, 1.807) is 0 Å². The molecule has 1 heterocycles. The van der Waals surface area contributed by atoms with Crippen molar-refractivity contribution in [3.8, 4) is 11.5 Å². The molecule has 6 nitrogen and oxygen atoms in total. The van der Waals surface area contributed by atoms with Gasteiger partial charge in [-0.3, -0.25) is 4.79 Å². The molecule has 1 aromatic carbocycles. The third-order valence-electron chi connectivity index (χ3n) is 3.21. The Morgan fingerprint density at radius 2 is 1.96 bits per heavy atom. The first-order valence-corrected chi connectivity index (χ1v) is 7.32. The molecule has 2 N–H and O–H groups in total. The van der Waals surface area contributed by atoms with Crippen molar-refractivity contribution in [2.75, 3.05) is 6.61 Å². The van der Waals surface area contributed by atoms with Gasteiger partial charge in [0.15, 0.2) is 5.78 Å². The minimum Gasteiger partial charge on any atom is -0.508 e. The molecule has 0 aliphatic rings. The van der Waals surface area contributed by atoms with Crippen LogP contribution < -0.4 is 0 Å². The molecule has 0 unspecified atom stereocenters. The number of hydrogen-bond donors (Lipinski definition) is 2. The van der Waals surface area contributed by atoms with Gasteiger partial charge in [-0.05, 0) is 30.7 Å². The highest BCUT2D eigenvalue weighted by Crippen LogP contribution is 2.24. The van der Waals surface area contributed by atoms with E-state index in [0.29, 0.717) is 12.4 Å². The highest BCUT2D eigenvalue weighted by Gasteiger charge is 2.17. The van der Waals surface area contributed by atoms with Gasteiger partial charge >= 0.3 is 5.97 Å². The normalized spacial score (nSPS) is 10.5. The number of hydrogen-bond acceptors (Lipinski definition) is 6. The molecule has 0 amide bonds. The van der Waals surface area contributed by atoms with E-state index in [2.05, 4.69) is 0 Å². The molecule has 2 rings (SSSR count). The number of aromatic hydroxyl groups is 2. The average Bonchev–Trinajstić information content (AvgIpc) is 2.95. The van der Waals surface area contributed by atoms with Crippen LogP contribution in [0.15, 0.2) is 34.7 Å². The monoisotopic (exact) mass is 318 g/mol. The fourth-order valence-corrected chi connectivity index (χ4v) is 1.97. The van der Waals surface area contributed by atoms with Gasteiger partial charge < -0.3 is 19.4 Å². The van der Waals surface area contributed by atoms with Crippen LogP contribution in [0.3, 0.4) is 0 Å². The first-order chi connectivity index (χ1) is 11.0. The molecule has 0 bridgehead atoms. The number of unbranched alkanes of at least 4 members (excludes halogenated alkanes) is 1. The molecular weight excluding hydrogens is 300 g/mol. The number of Topliss-reactive ketones (excluding diaryl/α,β-unsaturated/α-hetero) is 1. The van der Waals surface area contributed by atoms with Crippen molar-refractivity contribution in [3.63, 3.8) is 0 Å². The minimum atomic E-state index is -0.565. The summed E-state index contributed by atoms with van der Waals surface area (Å²) in [5.41, 5.74) is 0.0753. The van der Waals surface area contributed by atoms with E-state index >= 15 is 0 Å². The molecule has 0 radical (unpaired) electrons. The summed E-state index contributed by atoms with van der Waals surface area (Å²) in [4.78, 5) is 23.8. The van der Waals surface area contributed by atoms with E-state index in [1.165, 1.54) is 24.3 Å². The minimum absolute atomic E-state index is 0.0406. The Hall–Kier alpha value is -2.76. The second-order valence-electron chi connectivity index (χ2n) is 5.06. The number of phenolic OH excluding ortho intramolecular Hbond substituents is 2. The van der Waals surface area contributed by atoms with Crippen LogP contribution in [-0.2, 0) is 11.2 Å². The number of carbonyl (C=O) groups is 2. The molecule has 122 valence electrons. The lowest BCUT2D eigenvalue weighted by Gasteiger charge is -2.03. The Labute approximate surface area is 133 Å². The van der Waals surface area contributed by atoms with Crippen molar-refractivity contribution < 1.29 is 29.0 Å². The second-order valence-corrected chi connectivity index (χ2v) is 5.06. The Morgan fingerprint density at radius 1 is 1.17 bits per heavy atom. The van der Waals surface area contributed by atoms with Crippen molar-refractivity contribution in [2.45, 2.75) is 26.2 Å². The number of benzene rings is 1. The lowest BCUT2D eigenvalue weighted by atomic mass is 10.1. The van der Waals surface area contributed by atoms with Gasteiger partial charge in [0.1, 0.15) is 17.3 Å². The summed E-state index contributed by atoms with van der Waals surface area (Å²) < 4.78 is 10.3. The van der Waals surface area contributed by atoms with Gasteiger partial charge in [-0.1, -0.05) is 13.3 Å². The quantitative estimate of drug-likeness (QED) is 0.462. The second kappa shape index (κ2) is 7.49. The van der Waals surface area contributed by atoms with Crippen molar-refractivity contribution in [2.24, 2.45) is 0 Å².